The summed E-state index contributed by atoms with van der Waals surface area (Å²) in [4.78, 5) is 3.89. The fourth-order valence-corrected chi connectivity index (χ4v) is 3.46. The van der Waals surface area contributed by atoms with E-state index in [0.717, 1.165) is 12.8 Å². The number of halogens is 3. The summed E-state index contributed by atoms with van der Waals surface area (Å²) in [6, 6.07) is 3.58. The second-order valence-electron chi connectivity index (χ2n) is 6.22. The first kappa shape index (κ1) is 15.6. The van der Waals surface area contributed by atoms with Gasteiger partial charge in [-0.05, 0) is 31.7 Å². The normalized spacial score (nSPS) is 31.8. The Kier molecular flexibility index (Phi) is 4.03. The minimum atomic E-state index is -4.38. The Bertz CT molecular complexity index is 507. The summed E-state index contributed by atoms with van der Waals surface area (Å²) < 4.78 is 40.9. The number of aliphatic hydroxyl groups is 1. The summed E-state index contributed by atoms with van der Waals surface area (Å²) in [5.74, 6) is -0.0844. The zero-order valence-corrected chi connectivity index (χ0v) is 12.1. The van der Waals surface area contributed by atoms with E-state index in [2.05, 4.69) is 15.0 Å². The van der Waals surface area contributed by atoms with Gasteiger partial charge in [-0.25, -0.2) is 4.98 Å². The van der Waals surface area contributed by atoms with Crippen LogP contribution in [0.25, 0.3) is 0 Å². The first-order valence-corrected chi connectivity index (χ1v) is 7.49. The summed E-state index contributed by atoms with van der Waals surface area (Å²) >= 11 is 0. The molecule has 0 amide bonds. The number of nitrogens with zero attached hydrogens (tertiary/aromatic N) is 1. The third-order valence-corrected chi connectivity index (χ3v) is 4.40. The third kappa shape index (κ3) is 3.52. The number of ether oxygens (including phenoxy) is 1. The van der Waals surface area contributed by atoms with Gasteiger partial charge in [0.1, 0.15) is 0 Å². The van der Waals surface area contributed by atoms with Crippen LogP contribution in [0, 0.1) is 0 Å². The molecule has 22 heavy (non-hydrogen) atoms. The fourth-order valence-electron chi connectivity index (χ4n) is 3.46. The van der Waals surface area contributed by atoms with Crippen LogP contribution in [0.4, 0.5) is 13.2 Å². The molecule has 2 fully saturated rings. The Balaban J connectivity index is 1.69. The SMILES string of the molecule is OC1(c2ccc(OCC(F)(F)F)nc2)CC2CCCC(C1)N2. The van der Waals surface area contributed by atoms with Crippen LogP contribution in [0.3, 0.4) is 0 Å². The van der Waals surface area contributed by atoms with Gasteiger partial charge in [0.15, 0.2) is 6.61 Å². The van der Waals surface area contributed by atoms with E-state index in [0.29, 0.717) is 30.5 Å². The lowest BCUT2D eigenvalue weighted by molar-refractivity contribution is -0.154. The Morgan fingerprint density at radius 1 is 1.27 bits per heavy atom. The topological polar surface area (TPSA) is 54.4 Å². The molecule has 0 aromatic carbocycles. The van der Waals surface area contributed by atoms with Gasteiger partial charge < -0.3 is 15.2 Å². The van der Waals surface area contributed by atoms with Crippen LogP contribution in [-0.4, -0.2) is 35.0 Å². The van der Waals surface area contributed by atoms with E-state index in [1.54, 1.807) is 6.07 Å². The largest absolute Gasteiger partial charge is 0.468 e. The van der Waals surface area contributed by atoms with Crippen molar-refractivity contribution in [2.24, 2.45) is 0 Å². The molecule has 4 nitrogen and oxygen atoms in total. The van der Waals surface area contributed by atoms with Crippen molar-refractivity contribution < 1.29 is 23.0 Å². The van der Waals surface area contributed by atoms with E-state index in [1.807, 2.05) is 0 Å². The molecule has 2 aliphatic rings. The lowest BCUT2D eigenvalue weighted by atomic mass is 9.74. The number of fused-ring (bicyclic) bond motifs is 2. The van der Waals surface area contributed by atoms with Gasteiger partial charge in [0.25, 0.3) is 0 Å². The van der Waals surface area contributed by atoms with Crippen LogP contribution in [0.1, 0.15) is 37.7 Å². The molecule has 0 radical (unpaired) electrons. The van der Waals surface area contributed by atoms with Gasteiger partial charge in [-0.2, -0.15) is 13.2 Å². The molecule has 0 spiro atoms. The van der Waals surface area contributed by atoms with Gasteiger partial charge in [-0.1, -0.05) is 6.42 Å². The summed E-state index contributed by atoms with van der Waals surface area (Å²) in [7, 11) is 0. The molecule has 1 aromatic rings. The van der Waals surface area contributed by atoms with Crippen molar-refractivity contribution in [1.29, 1.82) is 0 Å². The molecular formula is C15H19F3N2O2. The lowest BCUT2D eigenvalue weighted by Crippen LogP contribution is -2.54. The zero-order valence-electron chi connectivity index (χ0n) is 12.1. The van der Waals surface area contributed by atoms with Gasteiger partial charge >= 0.3 is 6.18 Å². The number of pyridine rings is 1. The third-order valence-electron chi connectivity index (χ3n) is 4.40. The molecule has 2 atom stereocenters. The van der Waals surface area contributed by atoms with Gasteiger partial charge in [-0.15, -0.1) is 0 Å². The predicted molar refractivity (Wildman–Crippen MR) is 73.5 cm³/mol. The van der Waals surface area contributed by atoms with Crippen molar-refractivity contribution >= 4 is 0 Å². The Morgan fingerprint density at radius 3 is 2.50 bits per heavy atom. The molecule has 3 heterocycles. The first-order chi connectivity index (χ1) is 10.3. The highest BCUT2D eigenvalue weighted by Crippen LogP contribution is 2.39. The smallest absolute Gasteiger partial charge is 0.422 e. The lowest BCUT2D eigenvalue weighted by Gasteiger charge is -2.45. The van der Waals surface area contributed by atoms with E-state index in [9.17, 15) is 18.3 Å². The molecular weight excluding hydrogens is 297 g/mol. The van der Waals surface area contributed by atoms with Crippen LogP contribution in [-0.2, 0) is 5.60 Å². The van der Waals surface area contributed by atoms with Crippen LogP contribution in [0.5, 0.6) is 5.88 Å². The molecule has 3 rings (SSSR count). The second kappa shape index (κ2) is 5.70. The number of hydrogen-bond acceptors (Lipinski definition) is 4. The number of aromatic nitrogens is 1. The van der Waals surface area contributed by atoms with E-state index in [-0.39, 0.29) is 5.88 Å². The number of hydrogen-bond donors (Lipinski definition) is 2. The highest BCUT2D eigenvalue weighted by molar-refractivity contribution is 5.25. The summed E-state index contributed by atoms with van der Waals surface area (Å²) in [5.41, 5.74) is -0.318. The number of alkyl halides is 3. The van der Waals surface area contributed by atoms with Crippen LogP contribution >= 0.6 is 0 Å². The average Bonchev–Trinajstić information content (AvgIpc) is 2.44. The zero-order chi connectivity index (χ0) is 15.8. The summed E-state index contributed by atoms with van der Waals surface area (Å²) in [5, 5.41) is 14.4. The summed E-state index contributed by atoms with van der Waals surface area (Å²) in [6.45, 7) is -1.36. The van der Waals surface area contributed by atoms with Crippen molar-refractivity contribution in [3.8, 4) is 5.88 Å². The van der Waals surface area contributed by atoms with Gasteiger partial charge in [0.2, 0.25) is 5.88 Å². The Labute approximate surface area is 126 Å². The molecule has 1 aromatic heterocycles. The van der Waals surface area contributed by atoms with Crippen LogP contribution in [0.15, 0.2) is 18.3 Å². The number of nitrogens with one attached hydrogen (secondary N) is 1. The van der Waals surface area contributed by atoms with Gasteiger partial charge in [0.05, 0.1) is 5.60 Å². The van der Waals surface area contributed by atoms with Crippen molar-refractivity contribution in [3.63, 3.8) is 0 Å². The van der Waals surface area contributed by atoms with Crippen molar-refractivity contribution in [1.82, 2.24) is 10.3 Å². The van der Waals surface area contributed by atoms with Crippen molar-refractivity contribution in [2.45, 2.75) is 56.0 Å². The molecule has 2 N–H and O–H groups in total. The van der Waals surface area contributed by atoms with E-state index >= 15 is 0 Å². The first-order valence-electron chi connectivity index (χ1n) is 7.49. The molecule has 0 aliphatic carbocycles. The van der Waals surface area contributed by atoms with E-state index in [1.165, 1.54) is 18.7 Å². The monoisotopic (exact) mass is 316 g/mol. The Morgan fingerprint density at radius 2 is 1.95 bits per heavy atom. The Hall–Kier alpha value is -1.34. The van der Waals surface area contributed by atoms with Gasteiger partial charge in [0, 0.05) is 29.9 Å². The number of piperidine rings is 2. The molecule has 2 aliphatic heterocycles. The summed E-state index contributed by atoms with van der Waals surface area (Å²) in [6.07, 6.45) is 1.50. The highest BCUT2D eigenvalue weighted by atomic mass is 19.4. The molecule has 2 unspecified atom stereocenters. The molecule has 122 valence electrons. The average molecular weight is 316 g/mol. The van der Waals surface area contributed by atoms with E-state index in [4.69, 9.17) is 0 Å². The maximum absolute atomic E-state index is 12.1. The number of rotatable bonds is 3. The molecule has 2 bridgehead atoms. The molecule has 2 saturated heterocycles. The van der Waals surface area contributed by atoms with Crippen LogP contribution in [0.2, 0.25) is 0 Å². The second-order valence-corrected chi connectivity index (χ2v) is 6.22. The van der Waals surface area contributed by atoms with E-state index < -0.39 is 18.4 Å². The standard InChI is InChI=1S/C15H19F3N2O2/c16-15(17,18)9-22-13-5-4-10(8-19-13)14(21)6-11-2-1-3-12(7-14)20-11/h4-5,8,11-12,20-21H,1-3,6-7,9H2. The fraction of sp³-hybridized carbons (Fsp3) is 0.667. The highest BCUT2D eigenvalue weighted by Gasteiger charge is 2.41. The minimum Gasteiger partial charge on any atom is -0.468 e. The predicted octanol–water partition coefficient (Wildman–Crippen LogP) is 2.51. The van der Waals surface area contributed by atoms with Crippen molar-refractivity contribution in [3.05, 3.63) is 23.9 Å². The molecule has 0 saturated carbocycles. The quantitative estimate of drug-likeness (QED) is 0.900. The maximum atomic E-state index is 12.1. The molecule has 7 heteroatoms. The van der Waals surface area contributed by atoms with Crippen LogP contribution < -0.4 is 10.1 Å². The van der Waals surface area contributed by atoms with Crippen molar-refractivity contribution in [2.75, 3.05) is 6.61 Å². The minimum absolute atomic E-state index is 0.0844. The maximum Gasteiger partial charge on any atom is 0.422 e. The van der Waals surface area contributed by atoms with Gasteiger partial charge in [-0.3, -0.25) is 0 Å².